The molecule has 0 aliphatic carbocycles. The fourth-order valence-corrected chi connectivity index (χ4v) is 2.02. The molecular weight excluding hydrogens is 266 g/mol. The molecule has 0 aromatic heterocycles. The largest absolute Gasteiger partial charge is 0.395 e. The maximum absolute atomic E-state index is 12.4. The maximum atomic E-state index is 12.4. The van der Waals surface area contributed by atoms with E-state index in [4.69, 9.17) is 10.2 Å². The smallest absolute Gasteiger partial charge is 0.254 e. The van der Waals surface area contributed by atoms with Gasteiger partial charge in [0.2, 0.25) is 0 Å². The number of hydrogen-bond donors (Lipinski definition) is 2. The molecule has 0 bridgehead atoms. The number of aliphatic hydroxyl groups is 2. The zero-order valence-corrected chi connectivity index (χ0v) is 12.9. The molecule has 21 heavy (non-hydrogen) atoms. The van der Waals surface area contributed by atoms with E-state index in [1.807, 2.05) is 32.9 Å². The molecule has 0 heterocycles. The van der Waals surface area contributed by atoms with Gasteiger partial charge in [-0.25, -0.2) is 0 Å². The van der Waals surface area contributed by atoms with Crippen molar-refractivity contribution < 1.29 is 15.0 Å². The van der Waals surface area contributed by atoms with Crippen LogP contribution in [-0.2, 0) is 0 Å². The topological polar surface area (TPSA) is 60.8 Å². The van der Waals surface area contributed by atoms with Crippen LogP contribution in [-0.4, -0.2) is 46.8 Å². The first-order valence-electron chi connectivity index (χ1n) is 7.13. The Morgan fingerprint density at radius 1 is 1.29 bits per heavy atom. The number of hydrogen-bond acceptors (Lipinski definition) is 3. The molecule has 2 N–H and O–H groups in total. The molecule has 0 fully saturated rings. The summed E-state index contributed by atoms with van der Waals surface area (Å²) in [6.45, 7) is 6.09. The molecule has 0 saturated carbocycles. The van der Waals surface area contributed by atoms with Crippen molar-refractivity contribution in [3.63, 3.8) is 0 Å². The lowest BCUT2D eigenvalue weighted by Crippen LogP contribution is -2.39. The van der Waals surface area contributed by atoms with Crippen LogP contribution in [0.1, 0.15) is 41.8 Å². The van der Waals surface area contributed by atoms with Gasteiger partial charge in [-0.05, 0) is 44.5 Å². The second kappa shape index (κ2) is 8.46. The van der Waals surface area contributed by atoms with Crippen LogP contribution in [0.25, 0.3) is 0 Å². The van der Waals surface area contributed by atoms with Crippen LogP contribution in [0, 0.1) is 18.8 Å². The normalized spacial score (nSPS) is 10.2. The molecule has 0 unspecified atom stereocenters. The third-order valence-electron chi connectivity index (χ3n) is 3.16. The highest BCUT2D eigenvalue weighted by atomic mass is 16.3. The van der Waals surface area contributed by atoms with Crippen molar-refractivity contribution in [1.82, 2.24) is 4.90 Å². The maximum Gasteiger partial charge on any atom is 0.254 e. The van der Waals surface area contributed by atoms with E-state index < -0.39 is 0 Å². The van der Waals surface area contributed by atoms with E-state index >= 15 is 0 Å². The lowest BCUT2D eigenvalue weighted by atomic mass is 10.0. The second-order valence-corrected chi connectivity index (χ2v) is 5.12. The van der Waals surface area contributed by atoms with Crippen LogP contribution in [0.4, 0.5) is 0 Å². The Labute approximate surface area is 126 Å². The first-order valence-corrected chi connectivity index (χ1v) is 7.13. The Balaban J connectivity index is 2.97. The Kier molecular flexibility index (Phi) is 6.93. The highest BCUT2D eigenvalue weighted by molar-refractivity contribution is 5.94. The molecule has 0 radical (unpaired) electrons. The second-order valence-electron chi connectivity index (χ2n) is 5.12. The zero-order chi connectivity index (χ0) is 15.8. The SMILES string of the molecule is Cc1cc(C(=O)N(CCO)C(C)C)ccc1C#CCCO. The monoisotopic (exact) mass is 289 g/mol. The molecule has 1 amide bonds. The van der Waals surface area contributed by atoms with Gasteiger partial charge in [-0.1, -0.05) is 11.8 Å². The van der Waals surface area contributed by atoms with Gasteiger partial charge in [0.25, 0.3) is 5.91 Å². The van der Waals surface area contributed by atoms with Crippen molar-refractivity contribution in [2.45, 2.75) is 33.2 Å². The number of aliphatic hydroxyl groups excluding tert-OH is 2. The number of rotatable bonds is 5. The van der Waals surface area contributed by atoms with Crippen LogP contribution in [0.5, 0.6) is 0 Å². The number of carbonyl (C=O) groups is 1. The zero-order valence-electron chi connectivity index (χ0n) is 12.9. The summed E-state index contributed by atoms with van der Waals surface area (Å²) >= 11 is 0. The van der Waals surface area contributed by atoms with E-state index in [2.05, 4.69) is 11.8 Å². The molecule has 1 aromatic rings. The molecule has 114 valence electrons. The van der Waals surface area contributed by atoms with Gasteiger partial charge >= 0.3 is 0 Å². The highest BCUT2D eigenvalue weighted by Gasteiger charge is 2.18. The number of carbonyl (C=O) groups excluding carboxylic acids is 1. The van der Waals surface area contributed by atoms with Crippen molar-refractivity contribution in [1.29, 1.82) is 0 Å². The van der Waals surface area contributed by atoms with Gasteiger partial charge in [0.15, 0.2) is 0 Å². The van der Waals surface area contributed by atoms with E-state index in [0.717, 1.165) is 11.1 Å². The third-order valence-corrected chi connectivity index (χ3v) is 3.16. The van der Waals surface area contributed by atoms with Crippen molar-refractivity contribution in [3.05, 3.63) is 34.9 Å². The minimum atomic E-state index is -0.0861. The quantitative estimate of drug-likeness (QED) is 0.809. The summed E-state index contributed by atoms with van der Waals surface area (Å²) in [5.74, 6) is 5.77. The van der Waals surface area contributed by atoms with Gasteiger partial charge in [0.05, 0.1) is 13.2 Å². The van der Waals surface area contributed by atoms with Gasteiger partial charge in [-0.2, -0.15) is 0 Å². The van der Waals surface area contributed by atoms with Crippen molar-refractivity contribution in [2.75, 3.05) is 19.8 Å². The molecule has 4 heteroatoms. The molecule has 4 nitrogen and oxygen atoms in total. The standard InChI is InChI=1S/C17H23NO3/c1-13(2)18(9-11-20)17(21)16-8-7-15(14(3)12-16)6-4-5-10-19/h7-8,12-13,19-20H,5,9-11H2,1-3H3. The van der Waals surface area contributed by atoms with E-state index in [1.54, 1.807) is 11.0 Å². The van der Waals surface area contributed by atoms with Gasteiger partial charge in [0.1, 0.15) is 0 Å². The summed E-state index contributed by atoms with van der Waals surface area (Å²) in [7, 11) is 0. The predicted octanol–water partition coefficient (Wildman–Crippen LogP) is 1.57. The lowest BCUT2D eigenvalue weighted by molar-refractivity contribution is 0.0665. The Morgan fingerprint density at radius 2 is 2.00 bits per heavy atom. The molecule has 1 rings (SSSR count). The summed E-state index contributed by atoms with van der Waals surface area (Å²) in [4.78, 5) is 14.1. The summed E-state index contributed by atoms with van der Waals surface area (Å²) in [6.07, 6.45) is 0.442. The van der Waals surface area contributed by atoms with Crippen molar-refractivity contribution >= 4 is 5.91 Å². The van der Waals surface area contributed by atoms with E-state index in [9.17, 15) is 4.79 Å². The van der Waals surface area contributed by atoms with E-state index in [1.165, 1.54) is 0 Å². The van der Waals surface area contributed by atoms with Gasteiger partial charge in [0, 0.05) is 30.1 Å². The fraction of sp³-hybridized carbons (Fsp3) is 0.471. The van der Waals surface area contributed by atoms with E-state index in [-0.39, 0.29) is 25.2 Å². The summed E-state index contributed by atoms with van der Waals surface area (Å²) < 4.78 is 0. The molecular formula is C17H23NO3. The number of amides is 1. The number of benzene rings is 1. The van der Waals surface area contributed by atoms with Gasteiger partial charge in [-0.15, -0.1) is 0 Å². The number of aryl methyl sites for hydroxylation is 1. The van der Waals surface area contributed by atoms with Crippen LogP contribution in [0.15, 0.2) is 18.2 Å². The van der Waals surface area contributed by atoms with Crippen molar-refractivity contribution in [3.8, 4) is 11.8 Å². The van der Waals surface area contributed by atoms with Crippen LogP contribution in [0.2, 0.25) is 0 Å². The van der Waals surface area contributed by atoms with Crippen LogP contribution >= 0.6 is 0 Å². The Bertz CT molecular complexity index is 541. The molecule has 0 aliphatic rings. The number of nitrogens with zero attached hydrogens (tertiary/aromatic N) is 1. The Hall–Kier alpha value is -1.83. The summed E-state index contributed by atoms with van der Waals surface area (Å²) in [5.41, 5.74) is 2.39. The first-order chi connectivity index (χ1) is 10.0. The minimum Gasteiger partial charge on any atom is -0.395 e. The first kappa shape index (κ1) is 17.2. The molecule has 0 saturated heterocycles. The van der Waals surface area contributed by atoms with Crippen molar-refractivity contribution in [2.24, 2.45) is 0 Å². The lowest BCUT2D eigenvalue weighted by Gasteiger charge is -2.26. The molecule has 0 aliphatic heterocycles. The fourth-order valence-electron chi connectivity index (χ4n) is 2.02. The van der Waals surface area contributed by atoms with Crippen LogP contribution < -0.4 is 0 Å². The summed E-state index contributed by atoms with van der Waals surface area (Å²) in [6, 6.07) is 5.43. The molecule has 1 aromatic carbocycles. The van der Waals surface area contributed by atoms with E-state index in [0.29, 0.717) is 18.5 Å². The molecule has 0 spiro atoms. The minimum absolute atomic E-state index is 0.0361. The average Bonchev–Trinajstić information content (AvgIpc) is 2.45. The third kappa shape index (κ3) is 4.89. The summed E-state index contributed by atoms with van der Waals surface area (Å²) in [5, 5.41) is 17.8. The van der Waals surface area contributed by atoms with Gasteiger partial charge < -0.3 is 15.1 Å². The highest BCUT2D eigenvalue weighted by Crippen LogP contribution is 2.14. The predicted molar refractivity (Wildman–Crippen MR) is 83.0 cm³/mol. The van der Waals surface area contributed by atoms with Gasteiger partial charge in [-0.3, -0.25) is 4.79 Å². The molecule has 0 atom stereocenters. The average molecular weight is 289 g/mol. The van der Waals surface area contributed by atoms with Crippen LogP contribution in [0.3, 0.4) is 0 Å². The Morgan fingerprint density at radius 3 is 2.52 bits per heavy atom.